The molecule has 2 heterocycles. The average molecular weight is 613 g/mol. The van der Waals surface area contributed by atoms with Crippen LogP contribution in [0.5, 0.6) is 0 Å². The van der Waals surface area contributed by atoms with E-state index in [9.17, 15) is 17.3 Å². The Morgan fingerprint density at radius 1 is 0.526 bits per heavy atom. The molecule has 0 aliphatic carbocycles. The minimum atomic E-state index is -6.00. The molecule has 2 rings (SSSR count). The molecule has 0 aliphatic rings. The second kappa shape index (κ2) is 25.9. The summed E-state index contributed by atoms with van der Waals surface area (Å²) in [4.78, 5) is 0. The number of hydrogen-bond donors (Lipinski definition) is 0. The third-order valence-corrected chi connectivity index (χ3v) is 6.19. The van der Waals surface area contributed by atoms with Crippen molar-refractivity contribution in [1.29, 1.82) is 0 Å². The summed E-state index contributed by atoms with van der Waals surface area (Å²) in [6.07, 6.45) is 35.2. The molecule has 0 radical (unpaired) electrons. The second-order valence-electron chi connectivity index (χ2n) is 10.1. The molecule has 2 aromatic heterocycles. The number of unbranched alkanes of at least 4 members (excludes halogenated alkanes) is 14. The number of nitrogens with zero attached hydrogens (tertiary/aromatic N) is 4. The van der Waals surface area contributed by atoms with Gasteiger partial charge in [0, 0.05) is 0 Å². The van der Waals surface area contributed by atoms with E-state index >= 15 is 0 Å². The van der Waals surface area contributed by atoms with Gasteiger partial charge in [-0.25, -0.2) is 18.3 Å². The predicted octanol–water partition coefficient (Wildman–Crippen LogP) is 5.21. The smallest absolute Gasteiger partial charge is 0.673 e. The first-order chi connectivity index (χ1) is 17.7. The highest BCUT2D eigenvalue weighted by Crippen LogP contribution is 2.10. The fraction of sp³-hybridized carbons (Fsp3) is 0.786. The molecule has 0 amide bonds. The molecule has 0 atom stereocenters. The molecule has 10 heteroatoms. The molecule has 0 fully saturated rings. The number of hydrogen-bond acceptors (Lipinski definition) is 0. The van der Waals surface area contributed by atoms with Crippen molar-refractivity contribution in [3.63, 3.8) is 0 Å². The molecule has 224 valence electrons. The number of aryl methyl sites for hydroxylation is 4. The molecule has 0 bridgehead atoms. The Morgan fingerprint density at radius 3 is 1.03 bits per heavy atom. The zero-order valence-electron chi connectivity index (χ0n) is 24.4. The Bertz CT molecular complexity index is 691. The summed E-state index contributed by atoms with van der Waals surface area (Å²) < 4.78 is 47.8. The van der Waals surface area contributed by atoms with Gasteiger partial charge in [0.25, 0.3) is 0 Å². The first-order valence-corrected chi connectivity index (χ1v) is 14.5. The Kier molecular flexibility index (Phi) is 26.5. The fourth-order valence-corrected chi connectivity index (χ4v) is 4.12. The summed E-state index contributed by atoms with van der Waals surface area (Å²) in [7, 11) is -1.85. The van der Waals surface area contributed by atoms with Crippen LogP contribution in [0.15, 0.2) is 37.4 Å². The van der Waals surface area contributed by atoms with Crippen molar-refractivity contribution in [3.8, 4) is 0 Å². The molecule has 2 aromatic rings. The summed E-state index contributed by atoms with van der Waals surface area (Å²) in [5.41, 5.74) is 0. The lowest BCUT2D eigenvalue weighted by molar-refractivity contribution is -0.671. The van der Waals surface area contributed by atoms with Gasteiger partial charge in [-0.1, -0.05) is 90.9 Å². The largest absolute Gasteiger partial charge is 1.00 e. The first kappa shape index (κ1) is 38.8. The van der Waals surface area contributed by atoms with Crippen LogP contribution in [0.2, 0.25) is 0 Å². The molecule has 0 unspecified atom stereocenters. The molecule has 0 aromatic carbocycles. The molecule has 0 N–H and O–H groups in total. The van der Waals surface area contributed by atoms with Gasteiger partial charge in [-0.05, 0) is 25.7 Å². The zero-order chi connectivity index (χ0) is 27.8. The topological polar surface area (TPSA) is 17.6 Å². The molecule has 38 heavy (non-hydrogen) atoms. The summed E-state index contributed by atoms with van der Waals surface area (Å²) >= 11 is 0. The van der Waals surface area contributed by atoms with Crippen molar-refractivity contribution >= 4 is 7.25 Å². The van der Waals surface area contributed by atoms with Crippen LogP contribution in [-0.4, -0.2) is 16.4 Å². The van der Waals surface area contributed by atoms with E-state index in [-0.39, 0.29) is 17.0 Å². The van der Waals surface area contributed by atoms with Gasteiger partial charge in [0.05, 0.1) is 27.2 Å². The lowest BCUT2D eigenvalue weighted by atomic mass is 10.1. The fourth-order valence-electron chi connectivity index (χ4n) is 4.12. The van der Waals surface area contributed by atoms with E-state index in [1.807, 2.05) is 0 Å². The van der Waals surface area contributed by atoms with E-state index in [0.717, 1.165) is 0 Å². The van der Waals surface area contributed by atoms with Crippen molar-refractivity contribution in [3.05, 3.63) is 37.4 Å². The maximum absolute atomic E-state index is 9.75. The van der Waals surface area contributed by atoms with Crippen LogP contribution < -0.4 is 26.1 Å². The van der Waals surface area contributed by atoms with Crippen LogP contribution in [0, 0.1) is 0 Å². The van der Waals surface area contributed by atoms with Gasteiger partial charge in [-0.15, -0.1) is 0 Å². The van der Waals surface area contributed by atoms with E-state index in [4.69, 9.17) is 0 Å². The van der Waals surface area contributed by atoms with Crippen molar-refractivity contribution < 1.29 is 43.4 Å². The Labute approximate surface area is 240 Å². The van der Waals surface area contributed by atoms with Crippen LogP contribution in [0.3, 0.4) is 0 Å². The van der Waals surface area contributed by atoms with E-state index in [1.54, 1.807) is 0 Å². The van der Waals surface area contributed by atoms with Gasteiger partial charge in [0.1, 0.15) is 24.8 Å². The molecular formula is C28H54BBrF4N4. The molecule has 0 spiro atoms. The van der Waals surface area contributed by atoms with Crippen LogP contribution >= 0.6 is 0 Å². The minimum Gasteiger partial charge on any atom is -1.00 e. The normalized spacial score (nSPS) is 10.7. The highest BCUT2D eigenvalue weighted by Gasteiger charge is 2.20. The van der Waals surface area contributed by atoms with Crippen molar-refractivity contribution in [2.24, 2.45) is 14.1 Å². The summed E-state index contributed by atoms with van der Waals surface area (Å²) in [5.74, 6) is 0. The van der Waals surface area contributed by atoms with Crippen LogP contribution in [-0.2, 0) is 27.2 Å². The van der Waals surface area contributed by atoms with Gasteiger partial charge in [-0.2, -0.15) is 0 Å². The Morgan fingerprint density at radius 2 is 0.789 bits per heavy atom. The van der Waals surface area contributed by atoms with Crippen LogP contribution in [0.1, 0.15) is 117 Å². The first-order valence-electron chi connectivity index (χ1n) is 14.5. The summed E-state index contributed by atoms with van der Waals surface area (Å²) in [5, 5.41) is 0. The number of imidazole rings is 2. The zero-order valence-corrected chi connectivity index (χ0v) is 26.0. The quantitative estimate of drug-likeness (QED) is 0.0952. The van der Waals surface area contributed by atoms with Gasteiger partial charge in [0.2, 0.25) is 12.7 Å². The van der Waals surface area contributed by atoms with E-state index in [1.165, 1.54) is 116 Å². The Hall–Kier alpha value is -1.32. The second-order valence-corrected chi connectivity index (χ2v) is 10.1. The van der Waals surface area contributed by atoms with E-state index < -0.39 is 7.25 Å². The third kappa shape index (κ3) is 29.2. The average Bonchev–Trinajstić information content (AvgIpc) is 3.44. The minimum absolute atomic E-state index is 0. The standard InChI is InChI=1S/2C14H27N2.BF4.BrH/c2*1-3-4-5-6-7-8-9-10-11-16-13-12-15(2)14-16;2-1(3,4)5;/h2*12-14H,3-11H2,1-2H3;;1H/q2*+1;-1;/p-1. The molecule has 0 aliphatic heterocycles. The maximum Gasteiger partial charge on any atom is 0.673 e. The molecule has 4 nitrogen and oxygen atoms in total. The monoisotopic (exact) mass is 612 g/mol. The number of rotatable bonds is 18. The van der Waals surface area contributed by atoms with Crippen LogP contribution in [0.25, 0.3) is 0 Å². The SMILES string of the molecule is CCCCCCCCCCn1cc[n+](C)c1.CCCCCCCCCCn1cc[n+](C)c1.F[B-](F)(F)F.[Br-]. The molecule has 0 saturated carbocycles. The summed E-state index contributed by atoms with van der Waals surface area (Å²) in [6, 6.07) is 0. The van der Waals surface area contributed by atoms with Gasteiger partial charge >= 0.3 is 7.25 Å². The lowest BCUT2D eigenvalue weighted by Gasteiger charge is -2.00. The van der Waals surface area contributed by atoms with Gasteiger partial charge in [0.15, 0.2) is 0 Å². The molecule has 0 saturated heterocycles. The van der Waals surface area contributed by atoms with Crippen molar-refractivity contribution in [2.45, 2.75) is 130 Å². The van der Waals surface area contributed by atoms with Crippen molar-refractivity contribution in [2.75, 3.05) is 0 Å². The third-order valence-electron chi connectivity index (χ3n) is 6.19. The van der Waals surface area contributed by atoms with Gasteiger partial charge in [-0.3, -0.25) is 0 Å². The highest BCUT2D eigenvalue weighted by atomic mass is 79.9. The lowest BCUT2D eigenvalue weighted by Crippen LogP contribution is -3.00. The summed E-state index contributed by atoms with van der Waals surface area (Å²) in [6.45, 7) is 6.90. The Balaban J connectivity index is 0. The number of aromatic nitrogens is 4. The van der Waals surface area contributed by atoms with E-state index in [0.29, 0.717) is 0 Å². The molecular weight excluding hydrogens is 559 g/mol. The highest BCUT2D eigenvalue weighted by molar-refractivity contribution is 6.50. The predicted molar refractivity (Wildman–Crippen MR) is 147 cm³/mol. The van der Waals surface area contributed by atoms with Gasteiger partial charge < -0.3 is 34.2 Å². The number of halogens is 5. The van der Waals surface area contributed by atoms with Crippen LogP contribution in [0.4, 0.5) is 17.3 Å². The van der Waals surface area contributed by atoms with E-state index in [2.05, 4.69) is 83.7 Å². The van der Waals surface area contributed by atoms with Crippen molar-refractivity contribution in [1.82, 2.24) is 9.13 Å². The maximum atomic E-state index is 9.75.